The van der Waals surface area contributed by atoms with Crippen molar-refractivity contribution in [1.29, 1.82) is 0 Å². The van der Waals surface area contributed by atoms with Crippen molar-refractivity contribution in [2.24, 2.45) is 0 Å². The van der Waals surface area contributed by atoms with Crippen LogP contribution < -0.4 is 0 Å². The molecule has 0 radical (unpaired) electrons. The van der Waals surface area contributed by atoms with Crippen molar-refractivity contribution in [3.05, 3.63) is 45.4 Å². The molecular formula is C15H17NOS2. The Bertz CT molecular complexity index is 553. The molecule has 2 rings (SSSR count). The molecule has 0 saturated heterocycles. The average molecular weight is 291 g/mol. The maximum atomic E-state index is 12.2. The van der Waals surface area contributed by atoms with Crippen LogP contribution in [-0.4, -0.2) is 16.5 Å². The van der Waals surface area contributed by atoms with Gasteiger partial charge in [0.25, 0.3) is 0 Å². The molecule has 0 saturated carbocycles. The van der Waals surface area contributed by atoms with Crippen LogP contribution in [0.1, 0.15) is 32.9 Å². The van der Waals surface area contributed by atoms with Gasteiger partial charge in [-0.3, -0.25) is 4.79 Å². The minimum Gasteiger partial charge on any atom is -0.294 e. The third kappa shape index (κ3) is 3.67. The van der Waals surface area contributed by atoms with Crippen LogP contribution in [0.5, 0.6) is 0 Å². The number of hydrogen-bond acceptors (Lipinski definition) is 4. The van der Waals surface area contributed by atoms with E-state index in [4.69, 9.17) is 0 Å². The largest absolute Gasteiger partial charge is 0.294 e. The highest BCUT2D eigenvalue weighted by atomic mass is 32.2. The summed E-state index contributed by atoms with van der Waals surface area (Å²) in [6.45, 7) is 6.14. The van der Waals surface area contributed by atoms with E-state index in [-0.39, 0.29) is 5.78 Å². The van der Waals surface area contributed by atoms with E-state index in [9.17, 15) is 4.79 Å². The number of hydrogen-bond donors (Lipinski definition) is 0. The summed E-state index contributed by atoms with van der Waals surface area (Å²) in [4.78, 5) is 19.0. The molecular weight excluding hydrogens is 274 g/mol. The monoisotopic (exact) mass is 291 g/mol. The predicted molar refractivity (Wildman–Crippen MR) is 82.5 cm³/mol. The summed E-state index contributed by atoms with van der Waals surface area (Å²) in [7, 11) is 0. The molecule has 0 N–H and O–H groups in total. The first-order valence-corrected chi connectivity index (χ1v) is 8.09. The van der Waals surface area contributed by atoms with Crippen LogP contribution in [0.15, 0.2) is 29.2 Å². The van der Waals surface area contributed by atoms with Gasteiger partial charge in [0.2, 0.25) is 0 Å². The molecule has 0 aliphatic rings. The highest BCUT2D eigenvalue weighted by Gasteiger charge is 2.11. The number of ketones is 1. The molecule has 2 nitrogen and oxygen atoms in total. The van der Waals surface area contributed by atoms with Gasteiger partial charge in [-0.2, -0.15) is 0 Å². The molecule has 1 aromatic heterocycles. The zero-order valence-electron chi connectivity index (χ0n) is 11.4. The molecule has 1 heterocycles. The molecule has 19 heavy (non-hydrogen) atoms. The van der Waals surface area contributed by atoms with Gasteiger partial charge in [-0.05, 0) is 31.7 Å². The van der Waals surface area contributed by atoms with Crippen molar-refractivity contribution < 1.29 is 4.79 Å². The van der Waals surface area contributed by atoms with E-state index >= 15 is 0 Å². The van der Waals surface area contributed by atoms with Gasteiger partial charge in [-0.1, -0.05) is 19.1 Å². The van der Waals surface area contributed by atoms with E-state index in [2.05, 4.69) is 11.9 Å². The summed E-state index contributed by atoms with van der Waals surface area (Å²) in [6, 6.07) is 7.85. The summed E-state index contributed by atoms with van der Waals surface area (Å²) in [6.07, 6.45) is 0.402. The standard InChI is InChI=1S/C15H17NOS2/c1-4-18-13-7-5-12(6-8-13)14(17)9-15-16-10(2)11(3)19-15/h5-8H,4,9H2,1-3H3. The van der Waals surface area contributed by atoms with Gasteiger partial charge in [0.1, 0.15) is 5.01 Å². The van der Waals surface area contributed by atoms with Crippen LogP contribution in [0.2, 0.25) is 0 Å². The lowest BCUT2D eigenvalue weighted by atomic mass is 10.1. The second-order valence-electron chi connectivity index (χ2n) is 4.31. The number of carbonyl (C=O) groups excluding carboxylic acids is 1. The summed E-state index contributed by atoms with van der Waals surface area (Å²) < 4.78 is 0. The topological polar surface area (TPSA) is 30.0 Å². The lowest BCUT2D eigenvalue weighted by molar-refractivity contribution is 0.0993. The summed E-state index contributed by atoms with van der Waals surface area (Å²) >= 11 is 3.40. The van der Waals surface area contributed by atoms with Crippen LogP contribution >= 0.6 is 23.1 Å². The van der Waals surface area contributed by atoms with Crippen molar-refractivity contribution in [2.75, 3.05) is 5.75 Å². The summed E-state index contributed by atoms with van der Waals surface area (Å²) in [5, 5.41) is 0.909. The van der Waals surface area contributed by atoms with Crippen LogP contribution in [0.25, 0.3) is 0 Å². The van der Waals surface area contributed by atoms with E-state index in [0.717, 1.165) is 22.0 Å². The Morgan fingerprint density at radius 3 is 2.47 bits per heavy atom. The molecule has 0 aliphatic heterocycles. The van der Waals surface area contributed by atoms with Crippen LogP contribution in [0.3, 0.4) is 0 Å². The fraction of sp³-hybridized carbons (Fsp3) is 0.333. The van der Waals surface area contributed by atoms with Crippen molar-refractivity contribution in [1.82, 2.24) is 4.98 Å². The number of Topliss-reactive ketones (excluding diaryl/α,β-unsaturated/α-hetero) is 1. The van der Waals surface area contributed by atoms with Gasteiger partial charge in [0.05, 0.1) is 12.1 Å². The van der Waals surface area contributed by atoms with Crippen LogP contribution in [0, 0.1) is 13.8 Å². The number of aryl methyl sites for hydroxylation is 2. The first kappa shape index (κ1) is 14.3. The van der Waals surface area contributed by atoms with Gasteiger partial charge in [-0.25, -0.2) is 4.98 Å². The highest BCUT2D eigenvalue weighted by molar-refractivity contribution is 7.99. The number of rotatable bonds is 5. The van der Waals surface area contributed by atoms with Gasteiger partial charge in [0, 0.05) is 15.3 Å². The van der Waals surface area contributed by atoms with Crippen molar-refractivity contribution in [3.63, 3.8) is 0 Å². The second kappa shape index (κ2) is 6.35. The average Bonchev–Trinajstić information content (AvgIpc) is 2.69. The normalized spacial score (nSPS) is 10.7. The molecule has 4 heteroatoms. The van der Waals surface area contributed by atoms with E-state index in [1.54, 1.807) is 23.1 Å². The van der Waals surface area contributed by atoms with Gasteiger partial charge in [0.15, 0.2) is 5.78 Å². The summed E-state index contributed by atoms with van der Waals surface area (Å²) in [5.74, 6) is 1.19. The molecule has 0 atom stereocenters. The first-order chi connectivity index (χ1) is 9.10. The Morgan fingerprint density at radius 2 is 1.95 bits per heavy atom. The Kier molecular flexibility index (Phi) is 4.77. The smallest absolute Gasteiger partial charge is 0.169 e. The van der Waals surface area contributed by atoms with Crippen molar-refractivity contribution in [2.45, 2.75) is 32.1 Å². The highest BCUT2D eigenvalue weighted by Crippen LogP contribution is 2.20. The number of aromatic nitrogens is 1. The Hall–Kier alpha value is -1.13. The zero-order chi connectivity index (χ0) is 13.8. The fourth-order valence-electron chi connectivity index (χ4n) is 1.76. The predicted octanol–water partition coefficient (Wildman–Crippen LogP) is 4.30. The number of nitrogens with zero attached hydrogens (tertiary/aromatic N) is 1. The molecule has 0 spiro atoms. The Balaban J connectivity index is 2.07. The van der Waals surface area contributed by atoms with Gasteiger partial charge in [-0.15, -0.1) is 23.1 Å². The van der Waals surface area contributed by atoms with Gasteiger partial charge < -0.3 is 0 Å². The van der Waals surface area contributed by atoms with E-state index in [1.165, 1.54) is 9.77 Å². The SMILES string of the molecule is CCSc1ccc(C(=O)Cc2nc(C)c(C)s2)cc1. The molecule has 1 aromatic carbocycles. The first-order valence-electron chi connectivity index (χ1n) is 6.29. The minimum absolute atomic E-state index is 0.141. The van der Waals surface area contributed by atoms with E-state index < -0.39 is 0 Å². The lowest BCUT2D eigenvalue weighted by Gasteiger charge is -2.01. The number of thioether (sulfide) groups is 1. The van der Waals surface area contributed by atoms with Crippen molar-refractivity contribution >= 4 is 28.9 Å². The Labute approximate surface area is 122 Å². The van der Waals surface area contributed by atoms with Gasteiger partial charge >= 0.3 is 0 Å². The minimum atomic E-state index is 0.141. The summed E-state index contributed by atoms with van der Waals surface area (Å²) in [5.41, 5.74) is 1.80. The van der Waals surface area contributed by atoms with Crippen molar-refractivity contribution in [3.8, 4) is 0 Å². The zero-order valence-corrected chi connectivity index (χ0v) is 13.0. The quantitative estimate of drug-likeness (QED) is 0.608. The molecule has 100 valence electrons. The van der Waals surface area contributed by atoms with E-state index in [0.29, 0.717) is 6.42 Å². The number of benzene rings is 1. The molecule has 0 unspecified atom stereocenters. The molecule has 2 aromatic rings. The maximum absolute atomic E-state index is 12.2. The van der Waals surface area contributed by atoms with Crippen LogP contribution in [-0.2, 0) is 6.42 Å². The molecule has 0 aliphatic carbocycles. The number of thiazole rings is 1. The lowest BCUT2D eigenvalue weighted by Crippen LogP contribution is -2.03. The third-order valence-electron chi connectivity index (χ3n) is 2.87. The van der Waals surface area contributed by atoms with Crippen LogP contribution in [0.4, 0.5) is 0 Å². The fourth-order valence-corrected chi connectivity index (χ4v) is 3.35. The molecule has 0 bridgehead atoms. The third-order valence-corrected chi connectivity index (χ3v) is 4.84. The number of carbonyl (C=O) groups is 1. The molecule has 0 amide bonds. The molecule has 0 fully saturated rings. The Morgan fingerprint density at radius 1 is 1.26 bits per heavy atom. The maximum Gasteiger partial charge on any atom is 0.169 e. The second-order valence-corrected chi connectivity index (χ2v) is 6.93. The van der Waals surface area contributed by atoms with E-state index in [1.807, 2.05) is 38.1 Å².